The Labute approximate surface area is 117 Å². The Hall–Kier alpha value is -2.36. The van der Waals surface area contributed by atoms with Crippen molar-refractivity contribution in [2.24, 2.45) is 0 Å². The second-order valence-corrected chi connectivity index (χ2v) is 4.80. The summed E-state index contributed by atoms with van der Waals surface area (Å²) in [4.78, 5) is 4.08. The predicted molar refractivity (Wildman–Crippen MR) is 77.0 cm³/mol. The van der Waals surface area contributed by atoms with Crippen LogP contribution in [0.1, 0.15) is 36.6 Å². The molecule has 0 saturated carbocycles. The molecule has 0 unspecified atom stereocenters. The highest BCUT2D eigenvalue weighted by Crippen LogP contribution is 2.38. The topological polar surface area (TPSA) is 53.4 Å². The molecule has 3 nitrogen and oxygen atoms in total. The molecule has 1 heterocycles. The molecule has 0 atom stereocenters. The third-order valence-corrected chi connectivity index (χ3v) is 2.98. The third-order valence-electron chi connectivity index (χ3n) is 2.98. The standard InChI is InChI=1S/C16H16FNO2/c1-10(2)14-13(19)9-11(15(17)16(14)20)6-7-12-5-3-4-8-18-12/h3-10,19-20H,1-2H3. The van der Waals surface area contributed by atoms with E-state index in [-0.39, 0.29) is 22.8 Å². The second-order valence-electron chi connectivity index (χ2n) is 4.80. The Morgan fingerprint density at radius 3 is 2.55 bits per heavy atom. The van der Waals surface area contributed by atoms with Crippen LogP contribution in [-0.2, 0) is 0 Å². The normalized spacial score (nSPS) is 11.4. The Bertz CT molecular complexity index is 637. The molecule has 1 aromatic carbocycles. The first-order valence-corrected chi connectivity index (χ1v) is 6.34. The minimum atomic E-state index is -0.737. The van der Waals surface area contributed by atoms with Crippen LogP contribution in [0.15, 0.2) is 30.5 Å². The van der Waals surface area contributed by atoms with Crippen LogP contribution in [-0.4, -0.2) is 15.2 Å². The Balaban J connectivity index is 2.42. The number of phenolic OH excluding ortho intramolecular Hbond substituents is 2. The molecule has 0 fully saturated rings. The van der Waals surface area contributed by atoms with Crippen molar-refractivity contribution in [3.05, 3.63) is 53.1 Å². The van der Waals surface area contributed by atoms with Crippen molar-refractivity contribution in [2.75, 3.05) is 0 Å². The molecule has 0 aliphatic carbocycles. The zero-order valence-corrected chi connectivity index (χ0v) is 11.3. The fraction of sp³-hybridized carbons (Fsp3) is 0.188. The number of benzene rings is 1. The van der Waals surface area contributed by atoms with Crippen LogP contribution in [0.3, 0.4) is 0 Å². The summed E-state index contributed by atoms with van der Waals surface area (Å²) in [6.07, 6.45) is 4.72. The first kappa shape index (κ1) is 14.1. The van der Waals surface area contributed by atoms with E-state index in [0.717, 1.165) is 0 Å². The van der Waals surface area contributed by atoms with Gasteiger partial charge in [-0.05, 0) is 36.3 Å². The highest BCUT2D eigenvalue weighted by Gasteiger charge is 2.18. The van der Waals surface area contributed by atoms with Crippen molar-refractivity contribution in [3.63, 3.8) is 0 Å². The number of rotatable bonds is 3. The van der Waals surface area contributed by atoms with Gasteiger partial charge in [-0.15, -0.1) is 0 Å². The van der Waals surface area contributed by atoms with E-state index < -0.39 is 11.6 Å². The van der Waals surface area contributed by atoms with Crippen molar-refractivity contribution < 1.29 is 14.6 Å². The molecule has 0 spiro atoms. The number of hydrogen-bond donors (Lipinski definition) is 2. The zero-order valence-electron chi connectivity index (χ0n) is 11.3. The maximum Gasteiger partial charge on any atom is 0.172 e. The van der Waals surface area contributed by atoms with E-state index in [1.165, 1.54) is 12.1 Å². The van der Waals surface area contributed by atoms with Crippen LogP contribution in [0.2, 0.25) is 0 Å². The van der Waals surface area contributed by atoms with Gasteiger partial charge in [0.25, 0.3) is 0 Å². The summed E-state index contributed by atoms with van der Waals surface area (Å²) < 4.78 is 14.1. The molecule has 2 aromatic rings. The lowest BCUT2D eigenvalue weighted by atomic mass is 9.98. The quantitative estimate of drug-likeness (QED) is 0.891. The highest BCUT2D eigenvalue weighted by atomic mass is 19.1. The van der Waals surface area contributed by atoms with Gasteiger partial charge < -0.3 is 10.2 Å². The fourth-order valence-electron chi connectivity index (χ4n) is 2.00. The molecule has 2 rings (SSSR count). The predicted octanol–water partition coefficient (Wildman–Crippen LogP) is 3.93. The van der Waals surface area contributed by atoms with E-state index in [1.807, 2.05) is 6.07 Å². The highest BCUT2D eigenvalue weighted by molar-refractivity contribution is 5.71. The first-order chi connectivity index (χ1) is 9.50. The van der Waals surface area contributed by atoms with Crippen LogP contribution in [0, 0.1) is 5.82 Å². The Morgan fingerprint density at radius 2 is 1.95 bits per heavy atom. The van der Waals surface area contributed by atoms with Crippen LogP contribution < -0.4 is 0 Å². The molecule has 0 aliphatic heterocycles. The first-order valence-electron chi connectivity index (χ1n) is 6.34. The zero-order chi connectivity index (χ0) is 14.7. The van der Waals surface area contributed by atoms with E-state index in [9.17, 15) is 14.6 Å². The van der Waals surface area contributed by atoms with Crippen LogP contribution in [0.25, 0.3) is 12.2 Å². The second kappa shape index (κ2) is 5.74. The summed E-state index contributed by atoms with van der Waals surface area (Å²) in [7, 11) is 0. The van der Waals surface area contributed by atoms with Crippen molar-refractivity contribution >= 4 is 12.2 Å². The summed E-state index contributed by atoms with van der Waals surface area (Å²) in [5.74, 6) is -1.52. The molecule has 0 aliphatic rings. The van der Waals surface area contributed by atoms with E-state index in [2.05, 4.69) is 4.98 Å². The van der Waals surface area contributed by atoms with E-state index >= 15 is 0 Å². The summed E-state index contributed by atoms with van der Waals surface area (Å²) in [6.45, 7) is 3.55. The summed E-state index contributed by atoms with van der Waals surface area (Å²) >= 11 is 0. The molecule has 4 heteroatoms. The summed E-state index contributed by atoms with van der Waals surface area (Å²) in [6, 6.07) is 6.69. The molecule has 2 N–H and O–H groups in total. The smallest absolute Gasteiger partial charge is 0.172 e. The summed E-state index contributed by atoms with van der Waals surface area (Å²) in [5, 5.41) is 19.7. The lowest BCUT2D eigenvalue weighted by Crippen LogP contribution is -1.94. The van der Waals surface area contributed by atoms with Gasteiger partial charge in [-0.3, -0.25) is 4.98 Å². The minimum absolute atomic E-state index is 0.112. The van der Waals surface area contributed by atoms with Gasteiger partial charge in [0, 0.05) is 17.3 Å². The van der Waals surface area contributed by atoms with Crippen LogP contribution >= 0.6 is 0 Å². The maximum absolute atomic E-state index is 14.1. The third kappa shape index (κ3) is 2.79. The minimum Gasteiger partial charge on any atom is -0.507 e. The lowest BCUT2D eigenvalue weighted by molar-refractivity contribution is 0.404. The number of pyridine rings is 1. The van der Waals surface area contributed by atoms with Crippen LogP contribution in [0.4, 0.5) is 4.39 Å². The van der Waals surface area contributed by atoms with Crippen molar-refractivity contribution in [3.8, 4) is 11.5 Å². The monoisotopic (exact) mass is 273 g/mol. The molecule has 104 valence electrons. The molecule has 0 amide bonds. The largest absolute Gasteiger partial charge is 0.507 e. The van der Waals surface area contributed by atoms with Crippen molar-refractivity contribution in [1.29, 1.82) is 0 Å². The van der Waals surface area contributed by atoms with Crippen molar-refractivity contribution in [1.82, 2.24) is 4.98 Å². The Kier molecular flexibility index (Phi) is 4.03. The van der Waals surface area contributed by atoms with Gasteiger partial charge in [-0.1, -0.05) is 19.9 Å². The molecule has 0 bridgehead atoms. The number of aromatic hydroxyl groups is 2. The molecule has 1 aromatic heterocycles. The van der Waals surface area contributed by atoms with E-state index in [1.54, 1.807) is 38.3 Å². The number of halogens is 1. The lowest BCUT2D eigenvalue weighted by Gasteiger charge is -2.13. The van der Waals surface area contributed by atoms with Gasteiger partial charge in [-0.2, -0.15) is 0 Å². The van der Waals surface area contributed by atoms with Gasteiger partial charge in [0.1, 0.15) is 5.75 Å². The number of aromatic nitrogens is 1. The van der Waals surface area contributed by atoms with Gasteiger partial charge in [0.05, 0.1) is 5.69 Å². The fourth-order valence-corrected chi connectivity index (χ4v) is 2.00. The molecule has 0 radical (unpaired) electrons. The van der Waals surface area contributed by atoms with E-state index in [0.29, 0.717) is 5.69 Å². The van der Waals surface area contributed by atoms with Gasteiger partial charge in [-0.25, -0.2) is 4.39 Å². The van der Waals surface area contributed by atoms with E-state index in [4.69, 9.17) is 0 Å². The average Bonchev–Trinajstić information content (AvgIpc) is 2.42. The van der Waals surface area contributed by atoms with Gasteiger partial charge >= 0.3 is 0 Å². The molecular formula is C16H16FNO2. The van der Waals surface area contributed by atoms with Gasteiger partial charge in [0.15, 0.2) is 11.6 Å². The number of phenols is 2. The SMILES string of the molecule is CC(C)c1c(O)cc(C=Cc2ccccn2)c(F)c1O. The van der Waals surface area contributed by atoms with Crippen molar-refractivity contribution in [2.45, 2.75) is 19.8 Å². The molecular weight excluding hydrogens is 257 g/mol. The van der Waals surface area contributed by atoms with Gasteiger partial charge in [0.2, 0.25) is 0 Å². The summed E-state index contributed by atoms with van der Waals surface area (Å²) in [5.41, 5.74) is 1.01. The van der Waals surface area contributed by atoms with Crippen LogP contribution in [0.5, 0.6) is 11.5 Å². The molecule has 0 saturated heterocycles. The maximum atomic E-state index is 14.1. The average molecular weight is 273 g/mol. The number of hydrogen-bond acceptors (Lipinski definition) is 3. The number of nitrogens with zero attached hydrogens (tertiary/aromatic N) is 1. The Morgan fingerprint density at radius 1 is 1.20 bits per heavy atom. The molecule has 20 heavy (non-hydrogen) atoms.